The van der Waals surface area contributed by atoms with E-state index >= 15 is 0 Å². The summed E-state index contributed by atoms with van der Waals surface area (Å²) in [5, 5.41) is 3.05. The molecule has 0 saturated carbocycles. The lowest BCUT2D eigenvalue weighted by Gasteiger charge is -2.20. The van der Waals surface area contributed by atoms with Gasteiger partial charge >= 0.3 is 5.97 Å². The fourth-order valence-electron chi connectivity index (χ4n) is 1.58. The van der Waals surface area contributed by atoms with Crippen molar-refractivity contribution in [2.45, 2.75) is 19.9 Å². The molecular weight excluding hydrogens is 268 g/mol. The van der Waals surface area contributed by atoms with E-state index < -0.39 is 17.9 Å². The molecule has 1 atom stereocenters. The summed E-state index contributed by atoms with van der Waals surface area (Å²) in [5.41, 5.74) is 6.26. The zero-order valence-corrected chi connectivity index (χ0v) is 11.8. The molecule has 0 aliphatic rings. The first-order chi connectivity index (χ1) is 8.86. The largest absolute Gasteiger partial charge is 0.467 e. The quantitative estimate of drug-likeness (QED) is 0.653. The zero-order valence-electron chi connectivity index (χ0n) is 11.1. The van der Waals surface area contributed by atoms with Crippen molar-refractivity contribution in [3.8, 4) is 0 Å². The molecular formula is C13H17ClN2O3. The first-order valence-corrected chi connectivity index (χ1v) is 6.18. The molecule has 3 N–H and O–H groups in total. The molecule has 19 heavy (non-hydrogen) atoms. The van der Waals surface area contributed by atoms with Crippen molar-refractivity contribution in [2.24, 2.45) is 5.92 Å². The van der Waals surface area contributed by atoms with Gasteiger partial charge < -0.3 is 15.8 Å². The van der Waals surface area contributed by atoms with E-state index in [1.807, 2.05) is 13.8 Å². The van der Waals surface area contributed by atoms with Crippen LogP contribution in [0.5, 0.6) is 0 Å². The van der Waals surface area contributed by atoms with E-state index in [2.05, 4.69) is 10.1 Å². The van der Waals surface area contributed by atoms with Crippen LogP contribution in [0, 0.1) is 5.92 Å². The molecule has 1 amide bonds. The summed E-state index contributed by atoms with van der Waals surface area (Å²) in [4.78, 5) is 23.6. The minimum Gasteiger partial charge on any atom is -0.467 e. The van der Waals surface area contributed by atoms with Crippen LogP contribution in [0.2, 0.25) is 5.02 Å². The topological polar surface area (TPSA) is 81.4 Å². The van der Waals surface area contributed by atoms with Crippen LogP contribution >= 0.6 is 11.6 Å². The number of carbonyl (C=O) groups excluding carboxylic acids is 2. The normalized spacial score (nSPS) is 12.1. The van der Waals surface area contributed by atoms with Crippen molar-refractivity contribution in [2.75, 3.05) is 12.8 Å². The summed E-state index contributed by atoms with van der Waals surface area (Å²) in [6.07, 6.45) is 0. The van der Waals surface area contributed by atoms with Crippen molar-refractivity contribution in [3.05, 3.63) is 28.8 Å². The number of nitrogen functional groups attached to an aromatic ring is 1. The molecule has 0 spiro atoms. The Morgan fingerprint density at radius 3 is 2.47 bits per heavy atom. The van der Waals surface area contributed by atoms with E-state index in [0.29, 0.717) is 5.02 Å². The van der Waals surface area contributed by atoms with Crippen molar-refractivity contribution in [3.63, 3.8) is 0 Å². The van der Waals surface area contributed by atoms with Gasteiger partial charge in [0.1, 0.15) is 6.04 Å². The van der Waals surface area contributed by atoms with Crippen LogP contribution in [0.15, 0.2) is 18.2 Å². The van der Waals surface area contributed by atoms with Gasteiger partial charge in [0.25, 0.3) is 5.91 Å². The maximum absolute atomic E-state index is 12.1. The molecule has 0 unspecified atom stereocenters. The van der Waals surface area contributed by atoms with Gasteiger partial charge in [-0.1, -0.05) is 25.4 Å². The molecule has 0 radical (unpaired) electrons. The Morgan fingerprint density at radius 1 is 1.37 bits per heavy atom. The molecule has 6 heteroatoms. The molecule has 5 nitrogen and oxygen atoms in total. The number of anilines is 1. The van der Waals surface area contributed by atoms with Gasteiger partial charge in [0.2, 0.25) is 0 Å². The number of halogens is 1. The van der Waals surface area contributed by atoms with Crippen molar-refractivity contribution in [1.29, 1.82) is 0 Å². The van der Waals surface area contributed by atoms with E-state index in [-0.39, 0.29) is 17.2 Å². The molecule has 0 bridgehead atoms. The third-order valence-corrected chi connectivity index (χ3v) is 2.90. The van der Waals surface area contributed by atoms with E-state index in [0.717, 1.165) is 0 Å². The minimum atomic E-state index is -0.715. The van der Waals surface area contributed by atoms with Gasteiger partial charge in [-0.2, -0.15) is 0 Å². The minimum absolute atomic E-state index is 0.0927. The third kappa shape index (κ3) is 3.86. The van der Waals surface area contributed by atoms with Crippen molar-refractivity contribution < 1.29 is 14.3 Å². The van der Waals surface area contributed by atoms with E-state index in [9.17, 15) is 9.59 Å². The second-order valence-corrected chi connectivity index (χ2v) is 4.89. The lowest BCUT2D eigenvalue weighted by atomic mass is 10.0. The zero-order chi connectivity index (χ0) is 14.6. The SMILES string of the molecule is COC(=O)[C@@H](NC(=O)c1ccc(Cl)cc1N)C(C)C. The lowest BCUT2D eigenvalue weighted by Crippen LogP contribution is -2.45. The van der Waals surface area contributed by atoms with Gasteiger partial charge in [0.15, 0.2) is 0 Å². The number of amides is 1. The Hall–Kier alpha value is -1.75. The van der Waals surface area contributed by atoms with Crippen LogP contribution in [-0.4, -0.2) is 25.0 Å². The van der Waals surface area contributed by atoms with Crippen LogP contribution in [0.3, 0.4) is 0 Å². The average molecular weight is 285 g/mol. The maximum Gasteiger partial charge on any atom is 0.328 e. The van der Waals surface area contributed by atoms with Crippen LogP contribution < -0.4 is 11.1 Å². The fraction of sp³-hybridized carbons (Fsp3) is 0.385. The Labute approximate surface area is 117 Å². The number of benzene rings is 1. The number of hydrogen-bond donors (Lipinski definition) is 2. The number of carbonyl (C=O) groups is 2. The number of rotatable bonds is 4. The molecule has 0 saturated heterocycles. The third-order valence-electron chi connectivity index (χ3n) is 2.67. The van der Waals surface area contributed by atoms with Crippen LogP contribution in [0.25, 0.3) is 0 Å². The first-order valence-electron chi connectivity index (χ1n) is 5.80. The summed E-state index contributed by atoms with van der Waals surface area (Å²) >= 11 is 5.76. The van der Waals surface area contributed by atoms with E-state index in [4.69, 9.17) is 17.3 Å². The van der Waals surface area contributed by atoms with Gasteiger partial charge in [-0.15, -0.1) is 0 Å². The molecule has 0 aromatic heterocycles. The molecule has 1 aromatic rings. The van der Waals surface area contributed by atoms with Gasteiger partial charge in [-0.3, -0.25) is 4.79 Å². The monoisotopic (exact) mass is 284 g/mol. The molecule has 0 heterocycles. The Balaban J connectivity index is 2.91. The molecule has 1 rings (SSSR count). The predicted octanol–water partition coefficient (Wildman–Crippen LogP) is 1.85. The summed E-state index contributed by atoms with van der Waals surface area (Å²) in [5.74, 6) is -1.01. The highest BCUT2D eigenvalue weighted by molar-refractivity contribution is 6.31. The Kier molecular flexibility index (Phi) is 5.18. The van der Waals surface area contributed by atoms with E-state index in [1.165, 1.54) is 19.2 Å². The number of hydrogen-bond acceptors (Lipinski definition) is 4. The van der Waals surface area contributed by atoms with Gasteiger partial charge in [0, 0.05) is 10.7 Å². The molecule has 0 fully saturated rings. The Bertz CT molecular complexity index is 489. The van der Waals surface area contributed by atoms with Gasteiger partial charge in [0.05, 0.1) is 12.7 Å². The number of ether oxygens (including phenoxy) is 1. The standard InChI is InChI=1S/C13H17ClN2O3/c1-7(2)11(13(18)19-3)16-12(17)9-5-4-8(14)6-10(9)15/h4-7,11H,15H2,1-3H3,(H,16,17)/t11-/m0/s1. The van der Waals surface area contributed by atoms with Crippen molar-refractivity contribution >= 4 is 29.2 Å². The van der Waals surface area contributed by atoms with Crippen LogP contribution in [0.1, 0.15) is 24.2 Å². The molecule has 0 aliphatic heterocycles. The summed E-state index contributed by atoms with van der Waals surface area (Å²) in [6.45, 7) is 3.63. The van der Waals surface area contributed by atoms with Crippen LogP contribution in [0.4, 0.5) is 5.69 Å². The highest BCUT2D eigenvalue weighted by atomic mass is 35.5. The van der Waals surface area contributed by atoms with Gasteiger partial charge in [-0.05, 0) is 24.1 Å². The summed E-state index contributed by atoms with van der Waals surface area (Å²) in [6, 6.07) is 3.85. The number of nitrogens with two attached hydrogens (primary N) is 1. The number of methoxy groups -OCH3 is 1. The lowest BCUT2D eigenvalue weighted by molar-refractivity contribution is -0.144. The first kappa shape index (κ1) is 15.3. The average Bonchev–Trinajstić information content (AvgIpc) is 2.34. The second-order valence-electron chi connectivity index (χ2n) is 4.45. The highest BCUT2D eigenvalue weighted by Gasteiger charge is 2.25. The molecule has 1 aromatic carbocycles. The fourth-order valence-corrected chi connectivity index (χ4v) is 1.76. The highest BCUT2D eigenvalue weighted by Crippen LogP contribution is 2.18. The van der Waals surface area contributed by atoms with Gasteiger partial charge in [-0.25, -0.2) is 4.79 Å². The molecule has 0 aliphatic carbocycles. The summed E-state index contributed by atoms with van der Waals surface area (Å²) in [7, 11) is 1.28. The second kappa shape index (κ2) is 6.43. The molecule has 104 valence electrons. The van der Waals surface area contributed by atoms with Crippen LogP contribution in [-0.2, 0) is 9.53 Å². The van der Waals surface area contributed by atoms with Crippen molar-refractivity contribution in [1.82, 2.24) is 5.32 Å². The smallest absolute Gasteiger partial charge is 0.328 e. The summed E-state index contributed by atoms with van der Waals surface area (Å²) < 4.78 is 4.65. The Morgan fingerprint density at radius 2 is 2.00 bits per heavy atom. The maximum atomic E-state index is 12.1. The number of esters is 1. The predicted molar refractivity (Wildman–Crippen MR) is 74.0 cm³/mol. The van der Waals surface area contributed by atoms with E-state index in [1.54, 1.807) is 6.07 Å². The number of nitrogens with one attached hydrogen (secondary N) is 1.